The van der Waals surface area contributed by atoms with Crippen molar-refractivity contribution in [2.45, 2.75) is 19.8 Å². The van der Waals surface area contributed by atoms with Gasteiger partial charge in [-0.1, -0.05) is 91.0 Å². The second kappa shape index (κ2) is 12.3. The van der Waals surface area contributed by atoms with Crippen LogP contribution in [0.25, 0.3) is 22.3 Å². The van der Waals surface area contributed by atoms with Gasteiger partial charge in [0.2, 0.25) is 0 Å². The molecule has 1 N–H and O–H groups in total. The standard InChI is InChI=1S/C36H29NO4/c37-34-32-21-20-31(39-24-27-12-6-2-7-13-27)22-33(32)41-35(36(34)40-25-28-14-8-3-9-15-28)29-16-18-30(19-17-29)38-23-26-10-4-1-5-11-26/h1-22,37H,23-25H2. The van der Waals surface area contributed by atoms with Crippen molar-refractivity contribution in [2.75, 3.05) is 0 Å². The van der Waals surface area contributed by atoms with Crippen LogP contribution in [0.4, 0.5) is 0 Å². The Bertz CT molecular complexity index is 1780. The molecule has 41 heavy (non-hydrogen) atoms. The maximum Gasteiger partial charge on any atom is 0.188 e. The minimum Gasteiger partial charge on any atom is -0.489 e. The van der Waals surface area contributed by atoms with E-state index in [1.54, 1.807) is 0 Å². The summed E-state index contributed by atoms with van der Waals surface area (Å²) in [6.45, 7) is 1.24. The summed E-state index contributed by atoms with van der Waals surface area (Å²) in [5.74, 6) is 2.27. The van der Waals surface area contributed by atoms with Crippen LogP contribution in [0, 0.1) is 5.41 Å². The summed E-state index contributed by atoms with van der Waals surface area (Å²) in [5, 5.41) is 9.96. The van der Waals surface area contributed by atoms with E-state index < -0.39 is 0 Å². The second-order valence-corrected chi connectivity index (χ2v) is 9.64. The van der Waals surface area contributed by atoms with Crippen molar-refractivity contribution in [2.24, 2.45) is 0 Å². The van der Waals surface area contributed by atoms with Crippen LogP contribution in [0.1, 0.15) is 16.7 Å². The highest BCUT2D eigenvalue weighted by molar-refractivity contribution is 5.82. The van der Waals surface area contributed by atoms with Crippen LogP contribution >= 0.6 is 0 Å². The molecule has 0 saturated heterocycles. The Morgan fingerprint density at radius 2 is 1.00 bits per heavy atom. The van der Waals surface area contributed by atoms with Gasteiger partial charge in [-0.25, -0.2) is 0 Å². The summed E-state index contributed by atoms with van der Waals surface area (Å²) in [4.78, 5) is 0. The molecule has 5 heteroatoms. The van der Waals surface area contributed by atoms with Crippen LogP contribution in [-0.2, 0) is 19.8 Å². The molecule has 0 amide bonds. The quantitative estimate of drug-likeness (QED) is 0.190. The summed E-state index contributed by atoms with van der Waals surface area (Å²) in [5.41, 5.74) is 4.51. The molecule has 6 aromatic rings. The summed E-state index contributed by atoms with van der Waals surface area (Å²) < 4.78 is 24.7. The van der Waals surface area contributed by atoms with Gasteiger partial charge in [-0.05, 0) is 53.1 Å². The molecule has 0 spiro atoms. The van der Waals surface area contributed by atoms with Crippen LogP contribution in [0.15, 0.2) is 138 Å². The molecule has 1 aromatic heterocycles. The van der Waals surface area contributed by atoms with E-state index in [2.05, 4.69) is 0 Å². The van der Waals surface area contributed by atoms with Crippen LogP contribution in [-0.4, -0.2) is 0 Å². The molecule has 0 fully saturated rings. The lowest BCUT2D eigenvalue weighted by atomic mass is 10.1. The van der Waals surface area contributed by atoms with Crippen molar-refractivity contribution < 1.29 is 18.6 Å². The molecule has 0 saturated carbocycles. The average molecular weight is 540 g/mol. The maximum atomic E-state index is 9.06. The topological polar surface area (TPSA) is 64.7 Å². The Balaban J connectivity index is 1.32. The number of hydrogen-bond acceptors (Lipinski definition) is 5. The average Bonchev–Trinajstić information content (AvgIpc) is 3.04. The number of hydrogen-bond donors (Lipinski definition) is 1. The van der Waals surface area contributed by atoms with E-state index in [0.29, 0.717) is 48.0 Å². The normalized spacial score (nSPS) is 10.8. The summed E-state index contributed by atoms with van der Waals surface area (Å²) >= 11 is 0. The Labute approximate surface area is 238 Å². The van der Waals surface area contributed by atoms with Crippen LogP contribution in [0.5, 0.6) is 17.2 Å². The first-order valence-electron chi connectivity index (χ1n) is 13.5. The lowest BCUT2D eigenvalue weighted by Crippen LogP contribution is -2.10. The van der Waals surface area contributed by atoms with Gasteiger partial charge < -0.3 is 18.6 Å². The minimum absolute atomic E-state index is 0.260. The lowest BCUT2D eigenvalue weighted by Gasteiger charge is -2.14. The van der Waals surface area contributed by atoms with Crippen molar-refractivity contribution in [3.63, 3.8) is 0 Å². The molecule has 0 aliphatic carbocycles. The monoisotopic (exact) mass is 539 g/mol. The third kappa shape index (κ3) is 6.31. The predicted molar refractivity (Wildman–Crippen MR) is 160 cm³/mol. The van der Waals surface area contributed by atoms with Crippen LogP contribution in [0.3, 0.4) is 0 Å². The fraction of sp³-hybridized carbons (Fsp3) is 0.0833. The number of rotatable bonds is 10. The summed E-state index contributed by atoms with van der Waals surface area (Å²) in [7, 11) is 0. The van der Waals surface area contributed by atoms with Crippen molar-refractivity contribution in [3.8, 4) is 28.6 Å². The molecule has 0 radical (unpaired) electrons. The highest BCUT2D eigenvalue weighted by Gasteiger charge is 2.17. The van der Waals surface area contributed by atoms with E-state index in [1.807, 2.05) is 133 Å². The Morgan fingerprint density at radius 1 is 0.512 bits per heavy atom. The van der Waals surface area contributed by atoms with E-state index >= 15 is 0 Å². The van der Waals surface area contributed by atoms with Gasteiger partial charge in [0.05, 0.1) is 0 Å². The van der Waals surface area contributed by atoms with Crippen LogP contribution in [0.2, 0.25) is 0 Å². The van der Waals surface area contributed by atoms with Crippen LogP contribution < -0.4 is 19.6 Å². The van der Waals surface area contributed by atoms with E-state index in [4.69, 9.17) is 24.0 Å². The Hall–Kier alpha value is -5.29. The van der Waals surface area contributed by atoms with E-state index in [1.165, 1.54) is 0 Å². The van der Waals surface area contributed by atoms with Gasteiger partial charge in [-0.3, -0.25) is 5.41 Å². The minimum atomic E-state index is 0.260. The zero-order valence-corrected chi connectivity index (χ0v) is 22.5. The molecule has 0 unspecified atom stereocenters. The summed E-state index contributed by atoms with van der Waals surface area (Å²) in [6, 6.07) is 43.2. The molecule has 5 nitrogen and oxygen atoms in total. The first kappa shape index (κ1) is 26.0. The second-order valence-electron chi connectivity index (χ2n) is 9.64. The lowest BCUT2D eigenvalue weighted by molar-refractivity contribution is 0.295. The van der Waals surface area contributed by atoms with Gasteiger partial charge in [-0.15, -0.1) is 0 Å². The fourth-order valence-corrected chi connectivity index (χ4v) is 4.52. The highest BCUT2D eigenvalue weighted by Crippen LogP contribution is 2.34. The zero-order chi connectivity index (χ0) is 27.9. The first-order chi connectivity index (χ1) is 20.2. The molecular weight excluding hydrogens is 510 g/mol. The third-order valence-corrected chi connectivity index (χ3v) is 6.71. The fourth-order valence-electron chi connectivity index (χ4n) is 4.52. The molecule has 6 rings (SSSR count). The van der Waals surface area contributed by atoms with Gasteiger partial charge in [0.1, 0.15) is 42.3 Å². The van der Waals surface area contributed by atoms with Crippen molar-refractivity contribution >= 4 is 11.0 Å². The van der Waals surface area contributed by atoms with Crippen molar-refractivity contribution in [1.29, 1.82) is 5.41 Å². The molecule has 0 atom stereocenters. The largest absolute Gasteiger partial charge is 0.489 e. The molecule has 0 aliphatic heterocycles. The third-order valence-electron chi connectivity index (χ3n) is 6.71. The Morgan fingerprint density at radius 3 is 1.56 bits per heavy atom. The molecule has 0 bridgehead atoms. The molecular formula is C36H29NO4. The highest BCUT2D eigenvalue weighted by atomic mass is 16.5. The zero-order valence-electron chi connectivity index (χ0n) is 22.5. The van der Waals surface area contributed by atoms with Crippen molar-refractivity contribution in [3.05, 3.63) is 156 Å². The van der Waals surface area contributed by atoms with Gasteiger partial charge in [0, 0.05) is 17.0 Å². The van der Waals surface area contributed by atoms with E-state index in [-0.39, 0.29) is 5.36 Å². The van der Waals surface area contributed by atoms with E-state index in [0.717, 1.165) is 28.0 Å². The molecule has 5 aromatic carbocycles. The molecule has 0 aliphatic rings. The first-order valence-corrected chi connectivity index (χ1v) is 13.5. The smallest absolute Gasteiger partial charge is 0.188 e. The SMILES string of the molecule is N=c1c(OCc2ccccc2)c(-c2ccc(OCc3ccccc3)cc2)oc2cc(OCc3ccccc3)ccc12. The summed E-state index contributed by atoms with van der Waals surface area (Å²) in [6.07, 6.45) is 0. The number of fused-ring (bicyclic) bond motifs is 1. The van der Waals surface area contributed by atoms with Gasteiger partial charge in [-0.2, -0.15) is 0 Å². The van der Waals surface area contributed by atoms with Crippen molar-refractivity contribution in [1.82, 2.24) is 0 Å². The molecule has 1 heterocycles. The maximum absolute atomic E-state index is 9.06. The van der Waals surface area contributed by atoms with E-state index in [9.17, 15) is 0 Å². The van der Waals surface area contributed by atoms with Gasteiger partial charge in [0.15, 0.2) is 11.5 Å². The van der Waals surface area contributed by atoms with Gasteiger partial charge in [0.25, 0.3) is 0 Å². The number of nitrogens with one attached hydrogen (secondary N) is 1. The van der Waals surface area contributed by atoms with Gasteiger partial charge >= 0.3 is 0 Å². The number of ether oxygens (including phenoxy) is 3. The predicted octanol–water partition coefficient (Wildman–Crippen LogP) is 8.32. The number of benzene rings is 5. The molecule has 202 valence electrons. The Kier molecular flexibility index (Phi) is 7.77.